The van der Waals surface area contributed by atoms with Gasteiger partial charge in [0.1, 0.15) is 5.75 Å². The summed E-state index contributed by atoms with van der Waals surface area (Å²) in [6.07, 6.45) is 0.792. The lowest BCUT2D eigenvalue weighted by Gasteiger charge is -2.13. The lowest BCUT2D eigenvalue weighted by molar-refractivity contribution is 0.474. The van der Waals surface area contributed by atoms with Crippen LogP contribution >= 0.6 is 0 Å². The summed E-state index contributed by atoms with van der Waals surface area (Å²) in [6, 6.07) is 7.19. The monoisotopic (exact) mass is 272 g/mol. The van der Waals surface area contributed by atoms with E-state index < -0.39 is 10.0 Å². The van der Waals surface area contributed by atoms with Crippen molar-refractivity contribution in [1.29, 1.82) is 0 Å². The van der Waals surface area contributed by atoms with Gasteiger partial charge < -0.3 is 10.4 Å². The number of aromatic hydroxyl groups is 1. The van der Waals surface area contributed by atoms with Gasteiger partial charge in [-0.15, -0.1) is 0 Å². The van der Waals surface area contributed by atoms with E-state index >= 15 is 0 Å². The summed E-state index contributed by atoms with van der Waals surface area (Å²) in [4.78, 5) is 0. The lowest BCUT2D eigenvalue weighted by atomic mass is 10.1. The highest BCUT2D eigenvalue weighted by molar-refractivity contribution is 7.89. The predicted molar refractivity (Wildman–Crippen MR) is 72.1 cm³/mol. The molecular weight excluding hydrogens is 252 g/mol. The van der Waals surface area contributed by atoms with Crippen LogP contribution in [-0.2, 0) is 16.4 Å². The van der Waals surface area contributed by atoms with Gasteiger partial charge in [-0.1, -0.05) is 12.1 Å². The Morgan fingerprint density at radius 3 is 2.44 bits per heavy atom. The van der Waals surface area contributed by atoms with Crippen LogP contribution in [0.3, 0.4) is 0 Å². The number of phenolic OH excluding ortho intramolecular Hbond substituents is 1. The molecule has 1 unspecified atom stereocenters. The van der Waals surface area contributed by atoms with Crippen LogP contribution in [0.25, 0.3) is 0 Å². The first kappa shape index (κ1) is 14.9. The van der Waals surface area contributed by atoms with E-state index in [4.69, 9.17) is 5.11 Å². The van der Waals surface area contributed by atoms with Crippen molar-refractivity contribution in [2.75, 3.05) is 19.3 Å². The minimum atomic E-state index is -3.14. The van der Waals surface area contributed by atoms with E-state index in [9.17, 15) is 8.42 Å². The smallest absolute Gasteiger partial charge is 0.212 e. The van der Waals surface area contributed by atoms with Crippen molar-refractivity contribution in [2.24, 2.45) is 0 Å². The molecule has 0 aliphatic heterocycles. The minimum Gasteiger partial charge on any atom is -0.508 e. The highest BCUT2D eigenvalue weighted by atomic mass is 32.2. The average molecular weight is 272 g/mol. The molecule has 18 heavy (non-hydrogen) atoms. The molecule has 3 N–H and O–H groups in total. The lowest BCUT2D eigenvalue weighted by Crippen LogP contribution is -2.35. The molecule has 0 saturated carbocycles. The van der Waals surface area contributed by atoms with Crippen molar-refractivity contribution in [1.82, 2.24) is 10.0 Å². The van der Waals surface area contributed by atoms with Crippen LogP contribution in [0.15, 0.2) is 24.3 Å². The third-order valence-electron chi connectivity index (χ3n) is 2.65. The normalized spacial score (nSPS) is 13.4. The van der Waals surface area contributed by atoms with E-state index in [1.807, 2.05) is 19.1 Å². The predicted octanol–water partition coefficient (Wildman–Crippen LogP) is 0.462. The molecule has 0 heterocycles. The van der Waals surface area contributed by atoms with Gasteiger partial charge in [0.2, 0.25) is 10.0 Å². The molecular formula is C12H20N2O3S. The summed E-state index contributed by atoms with van der Waals surface area (Å²) >= 11 is 0. The average Bonchev–Trinajstić information content (AvgIpc) is 2.32. The zero-order valence-corrected chi connectivity index (χ0v) is 11.5. The molecule has 0 radical (unpaired) electrons. The minimum absolute atomic E-state index is 0.0728. The molecule has 0 spiro atoms. The quantitative estimate of drug-likeness (QED) is 0.674. The second-order valence-electron chi connectivity index (χ2n) is 4.25. The zero-order chi connectivity index (χ0) is 13.6. The Hall–Kier alpha value is -1.11. The molecule has 0 bridgehead atoms. The fraction of sp³-hybridized carbons (Fsp3) is 0.500. The molecule has 5 nitrogen and oxygen atoms in total. The van der Waals surface area contributed by atoms with Gasteiger partial charge in [-0.25, -0.2) is 13.1 Å². The summed E-state index contributed by atoms with van der Waals surface area (Å²) in [7, 11) is -1.73. The first-order valence-corrected chi connectivity index (χ1v) is 7.50. The summed E-state index contributed by atoms with van der Waals surface area (Å²) in [5, 5.41) is 12.3. The van der Waals surface area contributed by atoms with Gasteiger partial charge in [-0.2, -0.15) is 0 Å². The number of phenols is 1. The fourth-order valence-corrected chi connectivity index (χ4v) is 2.19. The van der Waals surface area contributed by atoms with Crippen molar-refractivity contribution in [3.8, 4) is 5.75 Å². The largest absolute Gasteiger partial charge is 0.508 e. The number of benzene rings is 1. The van der Waals surface area contributed by atoms with Crippen LogP contribution in [0.1, 0.15) is 12.5 Å². The molecule has 1 aromatic rings. The second-order valence-corrected chi connectivity index (χ2v) is 6.29. The first-order valence-electron chi connectivity index (χ1n) is 5.85. The van der Waals surface area contributed by atoms with Crippen LogP contribution < -0.4 is 10.0 Å². The van der Waals surface area contributed by atoms with E-state index in [0.29, 0.717) is 6.54 Å². The van der Waals surface area contributed by atoms with Gasteiger partial charge in [-0.3, -0.25) is 0 Å². The third kappa shape index (κ3) is 5.48. The molecule has 0 fully saturated rings. The zero-order valence-electron chi connectivity index (χ0n) is 10.7. The van der Waals surface area contributed by atoms with E-state index in [2.05, 4.69) is 10.0 Å². The summed E-state index contributed by atoms with van der Waals surface area (Å²) in [5.41, 5.74) is 1.10. The Labute approximate surface area is 108 Å². The fourth-order valence-electron chi connectivity index (χ4n) is 1.60. The first-order chi connectivity index (χ1) is 8.43. The van der Waals surface area contributed by atoms with Gasteiger partial charge in [0, 0.05) is 12.6 Å². The summed E-state index contributed by atoms with van der Waals surface area (Å²) in [5.74, 6) is 0.322. The van der Waals surface area contributed by atoms with Crippen molar-refractivity contribution in [2.45, 2.75) is 19.4 Å². The molecule has 1 atom stereocenters. The van der Waals surface area contributed by atoms with Crippen molar-refractivity contribution < 1.29 is 13.5 Å². The third-order valence-corrected chi connectivity index (χ3v) is 4.02. The van der Waals surface area contributed by atoms with Gasteiger partial charge in [-0.05, 0) is 38.1 Å². The standard InChI is InChI=1S/C12H20N2O3S/c1-10(14-7-8-18(16,17)13-2)9-11-3-5-12(15)6-4-11/h3-6,10,13-15H,7-9H2,1-2H3. The van der Waals surface area contributed by atoms with E-state index in [0.717, 1.165) is 12.0 Å². The molecule has 102 valence electrons. The van der Waals surface area contributed by atoms with Gasteiger partial charge in [0.25, 0.3) is 0 Å². The molecule has 0 aliphatic rings. The highest BCUT2D eigenvalue weighted by Crippen LogP contribution is 2.11. The highest BCUT2D eigenvalue weighted by Gasteiger charge is 2.08. The van der Waals surface area contributed by atoms with Gasteiger partial charge in [0.05, 0.1) is 5.75 Å². The van der Waals surface area contributed by atoms with Crippen LogP contribution in [0.4, 0.5) is 0 Å². The molecule has 1 rings (SSSR count). The Morgan fingerprint density at radius 1 is 1.28 bits per heavy atom. The number of rotatable bonds is 7. The number of sulfonamides is 1. The Balaban J connectivity index is 2.34. The molecule has 6 heteroatoms. The molecule has 1 aromatic carbocycles. The molecule has 0 aliphatic carbocycles. The SMILES string of the molecule is CNS(=O)(=O)CCNC(C)Cc1ccc(O)cc1. The van der Waals surface area contributed by atoms with Crippen LogP contribution in [-0.4, -0.2) is 38.9 Å². The van der Waals surface area contributed by atoms with Crippen LogP contribution in [0.2, 0.25) is 0 Å². The number of nitrogens with one attached hydrogen (secondary N) is 2. The maximum atomic E-state index is 11.2. The summed E-state index contributed by atoms with van der Waals surface area (Å²) < 4.78 is 24.7. The van der Waals surface area contributed by atoms with Crippen molar-refractivity contribution in [3.05, 3.63) is 29.8 Å². The van der Waals surface area contributed by atoms with Gasteiger partial charge in [0.15, 0.2) is 0 Å². The van der Waals surface area contributed by atoms with Crippen molar-refractivity contribution >= 4 is 10.0 Å². The van der Waals surface area contributed by atoms with E-state index in [-0.39, 0.29) is 17.5 Å². The number of hydrogen-bond acceptors (Lipinski definition) is 4. The number of hydrogen-bond donors (Lipinski definition) is 3. The Morgan fingerprint density at radius 2 is 1.89 bits per heavy atom. The van der Waals surface area contributed by atoms with Crippen molar-refractivity contribution in [3.63, 3.8) is 0 Å². The molecule has 0 aromatic heterocycles. The van der Waals surface area contributed by atoms with E-state index in [1.165, 1.54) is 7.05 Å². The molecule has 0 amide bonds. The topological polar surface area (TPSA) is 78.4 Å². The second kappa shape index (κ2) is 6.72. The Bertz CT molecular complexity index is 457. The van der Waals surface area contributed by atoms with Crippen LogP contribution in [0.5, 0.6) is 5.75 Å². The Kier molecular flexibility index (Phi) is 5.58. The van der Waals surface area contributed by atoms with Gasteiger partial charge >= 0.3 is 0 Å². The molecule has 0 saturated heterocycles. The van der Waals surface area contributed by atoms with E-state index in [1.54, 1.807) is 12.1 Å². The summed E-state index contributed by atoms with van der Waals surface area (Å²) in [6.45, 7) is 2.42. The van der Waals surface area contributed by atoms with Crippen LogP contribution in [0, 0.1) is 0 Å². The maximum Gasteiger partial charge on any atom is 0.212 e. The maximum absolute atomic E-state index is 11.2.